The number of methoxy groups -OCH3 is 1. The Morgan fingerprint density at radius 2 is 1.68 bits per heavy atom. The first kappa shape index (κ1) is 28.6. The van der Waals surface area contributed by atoms with Gasteiger partial charge in [-0.2, -0.15) is 5.10 Å². The minimum atomic E-state index is -0.540. The average Bonchev–Trinajstić information content (AvgIpc) is 3.57. The highest BCUT2D eigenvalue weighted by atomic mass is 32.1. The molecular weight excluding hydrogens is 548 g/mol. The molecule has 2 N–H and O–H groups in total. The summed E-state index contributed by atoms with van der Waals surface area (Å²) in [5.74, 6) is 0.777. The number of alkyl carbamates (subject to hydrolysis) is 1. The molecule has 0 radical (unpaired) electrons. The van der Waals surface area contributed by atoms with Crippen molar-refractivity contribution in [3.05, 3.63) is 29.5 Å². The molecule has 14 heteroatoms. The third kappa shape index (κ3) is 6.87. The fourth-order valence-electron chi connectivity index (χ4n) is 4.99. The largest absolute Gasteiger partial charge is 0.453 e. The van der Waals surface area contributed by atoms with Crippen LogP contribution in [0.25, 0.3) is 16.2 Å². The van der Waals surface area contributed by atoms with Crippen LogP contribution in [0.4, 0.5) is 15.4 Å². The van der Waals surface area contributed by atoms with Crippen molar-refractivity contribution >= 4 is 40.1 Å². The summed E-state index contributed by atoms with van der Waals surface area (Å²) in [6.07, 6.45) is 5.48. The van der Waals surface area contributed by atoms with Crippen LogP contribution in [0.3, 0.4) is 0 Å². The number of nitrogens with one attached hydrogen (secondary N) is 2. The quantitative estimate of drug-likeness (QED) is 0.460. The first-order valence-corrected chi connectivity index (χ1v) is 14.7. The van der Waals surface area contributed by atoms with Gasteiger partial charge >= 0.3 is 12.2 Å². The van der Waals surface area contributed by atoms with Crippen LogP contribution in [0.15, 0.2) is 23.8 Å². The minimum Gasteiger partial charge on any atom is -0.453 e. The number of rotatable bonds is 5. The normalized spacial score (nSPS) is 17.0. The zero-order valence-corrected chi connectivity index (χ0v) is 24.6. The van der Waals surface area contributed by atoms with Gasteiger partial charge in [0.05, 0.1) is 18.9 Å². The van der Waals surface area contributed by atoms with Gasteiger partial charge < -0.3 is 29.9 Å². The predicted molar refractivity (Wildman–Crippen MR) is 153 cm³/mol. The smallest absolute Gasteiger partial charge is 0.410 e. The van der Waals surface area contributed by atoms with Crippen molar-refractivity contribution in [1.82, 2.24) is 34.7 Å². The van der Waals surface area contributed by atoms with Crippen molar-refractivity contribution in [2.45, 2.75) is 64.1 Å². The van der Waals surface area contributed by atoms with E-state index >= 15 is 0 Å². The van der Waals surface area contributed by atoms with E-state index in [1.54, 1.807) is 26.6 Å². The summed E-state index contributed by atoms with van der Waals surface area (Å²) in [5, 5.41) is 12.6. The number of anilines is 1. The van der Waals surface area contributed by atoms with Gasteiger partial charge in [-0.05, 0) is 46.5 Å². The summed E-state index contributed by atoms with van der Waals surface area (Å²) in [5.41, 5.74) is 0.499. The SMILES string of the molecule is COC(=O)NC1CCN(C(=O)c2cc(NC3CCN(C(=O)OC(C)(C)C)CC3)nc(-c3cnn4ccsc34)n2)CC1. The van der Waals surface area contributed by atoms with Gasteiger partial charge in [-0.25, -0.2) is 24.1 Å². The fourth-order valence-corrected chi connectivity index (χ4v) is 5.78. The number of nitrogens with zero attached hydrogens (tertiary/aromatic N) is 6. The molecule has 0 atom stereocenters. The van der Waals surface area contributed by atoms with Gasteiger partial charge in [0.2, 0.25) is 0 Å². The predicted octanol–water partition coefficient (Wildman–Crippen LogP) is 3.62. The maximum atomic E-state index is 13.6. The number of carbonyl (C=O) groups is 3. The molecule has 2 saturated heterocycles. The lowest BCUT2D eigenvalue weighted by molar-refractivity contribution is 0.0210. The Hall–Kier alpha value is -3.94. The van der Waals surface area contributed by atoms with Crippen molar-refractivity contribution in [2.75, 3.05) is 38.6 Å². The second-order valence-corrected chi connectivity index (χ2v) is 12.2. The second kappa shape index (κ2) is 11.9. The number of piperidine rings is 2. The number of hydrogen-bond acceptors (Lipinski definition) is 10. The molecule has 2 aliphatic rings. The molecule has 0 spiro atoms. The summed E-state index contributed by atoms with van der Waals surface area (Å²) in [7, 11) is 1.33. The molecular formula is C27H36N8O5S. The van der Waals surface area contributed by atoms with Crippen LogP contribution < -0.4 is 10.6 Å². The summed E-state index contributed by atoms with van der Waals surface area (Å²) >= 11 is 1.52. The van der Waals surface area contributed by atoms with Crippen LogP contribution >= 0.6 is 11.3 Å². The van der Waals surface area contributed by atoms with E-state index in [1.165, 1.54) is 18.4 Å². The number of amides is 3. The third-order valence-electron chi connectivity index (χ3n) is 7.11. The monoisotopic (exact) mass is 584 g/mol. The van der Waals surface area contributed by atoms with E-state index in [-0.39, 0.29) is 24.1 Å². The van der Waals surface area contributed by atoms with E-state index < -0.39 is 11.7 Å². The number of ether oxygens (including phenoxy) is 2. The van der Waals surface area contributed by atoms with Crippen LogP contribution in [-0.4, -0.2) is 98.4 Å². The van der Waals surface area contributed by atoms with E-state index in [2.05, 4.69) is 20.7 Å². The van der Waals surface area contributed by atoms with E-state index in [9.17, 15) is 14.4 Å². The molecule has 13 nitrogen and oxygen atoms in total. The lowest BCUT2D eigenvalue weighted by atomic mass is 10.0. The van der Waals surface area contributed by atoms with Crippen molar-refractivity contribution < 1.29 is 23.9 Å². The molecule has 5 heterocycles. The maximum Gasteiger partial charge on any atom is 0.410 e. The molecule has 3 aromatic rings. The number of hydrogen-bond donors (Lipinski definition) is 2. The molecule has 0 saturated carbocycles. The second-order valence-electron chi connectivity index (χ2n) is 11.3. The Labute approximate surface area is 242 Å². The van der Waals surface area contributed by atoms with E-state index in [1.807, 2.05) is 32.3 Å². The van der Waals surface area contributed by atoms with Gasteiger partial charge in [0.25, 0.3) is 5.91 Å². The maximum absolute atomic E-state index is 13.6. The average molecular weight is 585 g/mol. The molecule has 3 amide bonds. The topological polar surface area (TPSA) is 143 Å². The van der Waals surface area contributed by atoms with Gasteiger partial charge in [-0.3, -0.25) is 4.79 Å². The van der Waals surface area contributed by atoms with E-state index in [4.69, 9.17) is 14.5 Å². The Balaban J connectivity index is 1.32. The first-order chi connectivity index (χ1) is 19.6. The Morgan fingerprint density at radius 3 is 2.37 bits per heavy atom. The van der Waals surface area contributed by atoms with Crippen molar-refractivity contribution in [1.29, 1.82) is 0 Å². The standard InChI is InChI=1S/C27H36N8O5S/c1-27(2,3)40-26(38)34-11-7-17(8-12-34)29-21-15-20(23(36)33-9-5-18(6-10-33)30-25(37)39-4)31-22(32-21)19-16-28-35-13-14-41-24(19)35/h13-18H,5-12H2,1-4H3,(H,30,37)(H,29,31,32). The zero-order valence-electron chi connectivity index (χ0n) is 23.8. The number of fused-ring (bicyclic) bond motifs is 1. The van der Waals surface area contributed by atoms with Gasteiger partial charge in [0, 0.05) is 55.9 Å². The lowest BCUT2D eigenvalue weighted by Gasteiger charge is -2.34. The van der Waals surface area contributed by atoms with Gasteiger partial charge in [0.1, 0.15) is 21.9 Å². The molecule has 0 unspecified atom stereocenters. The molecule has 3 aromatic heterocycles. The summed E-state index contributed by atoms with van der Waals surface area (Å²) in [4.78, 5) is 51.5. The van der Waals surface area contributed by atoms with E-state index in [0.29, 0.717) is 69.2 Å². The fraction of sp³-hybridized carbons (Fsp3) is 0.556. The van der Waals surface area contributed by atoms with Crippen molar-refractivity contribution in [3.8, 4) is 11.4 Å². The molecule has 0 aliphatic carbocycles. The van der Waals surface area contributed by atoms with Gasteiger partial charge in [0.15, 0.2) is 5.82 Å². The van der Waals surface area contributed by atoms with Gasteiger partial charge in [-0.15, -0.1) is 11.3 Å². The summed E-state index contributed by atoms with van der Waals surface area (Å²) < 4.78 is 12.0. The molecule has 2 fully saturated rings. The highest BCUT2D eigenvalue weighted by Gasteiger charge is 2.29. The first-order valence-electron chi connectivity index (χ1n) is 13.8. The van der Waals surface area contributed by atoms with E-state index in [0.717, 1.165) is 10.4 Å². The number of aromatic nitrogens is 4. The molecule has 0 bridgehead atoms. The number of thiazole rings is 1. The molecule has 220 valence electrons. The number of carbonyl (C=O) groups excluding carboxylic acids is 3. The van der Waals surface area contributed by atoms with Crippen LogP contribution in [0, 0.1) is 0 Å². The van der Waals surface area contributed by atoms with Crippen molar-refractivity contribution in [3.63, 3.8) is 0 Å². The summed E-state index contributed by atoms with van der Waals surface area (Å²) in [6.45, 7) is 7.67. The highest BCUT2D eigenvalue weighted by Crippen LogP contribution is 2.28. The minimum absolute atomic E-state index is 0.0456. The van der Waals surface area contributed by atoms with Crippen LogP contribution in [-0.2, 0) is 9.47 Å². The lowest BCUT2D eigenvalue weighted by Crippen LogP contribution is -2.46. The third-order valence-corrected chi connectivity index (χ3v) is 7.99. The van der Waals surface area contributed by atoms with Crippen molar-refractivity contribution in [2.24, 2.45) is 0 Å². The van der Waals surface area contributed by atoms with Crippen LogP contribution in [0.1, 0.15) is 56.9 Å². The Morgan fingerprint density at radius 1 is 1.00 bits per heavy atom. The van der Waals surface area contributed by atoms with Crippen LogP contribution in [0.2, 0.25) is 0 Å². The Kier molecular flexibility index (Phi) is 8.29. The molecule has 0 aromatic carbocycles. The Bertz CT molecular complexity index is 1400. The van der Waals surface area contributed by atoms with Gasteiger partial charge in [-0.1, -0.05) is 0 Å². The molecule has 41 heavy (non-hydrogen) atoms. The highest BCUT2D eigenvalue weighted by molar-refractivity contribution is 7.16. The van der Waals surface area contributed by atoms with Crippen LogP contribution in [0.5, 0.6) is 0 Å². The molecule has 5 rings (SSSR count). The molecule has 2 aliphatic heterocycles. The zero-order chi connectivity index (χ0) is 29.1. The summed E-state index contributed by atoms with van der Waals surface area (Å²) in [6, 6.07) is 1.71. The number of likely N-dealkylation sites (tertiary alicyclic amines) is 2.